The molecular weight excluding hydrogens is 514 g/mol. The topological polar surface area (TPSA) is 136 Å². The van der Waals surface area contributed by atoms with Gasteiger partial charge in [-0.15, -0.1) is 11.3 Å². The zero-order valence-electron chi connectivity index (χ0n) is 21.4. The van der Waals surface area contributed by atoms with Crippen molar-refractivity contribution in [3.63, 3.8) is 0 Å². The summed E-state index contributed by atoms with van der Waals surface area (Å²) in [5, 5.41) is 9.66. The number of nitrogens with two attached hydrogens (primary N) is 2. The van der Waals surface area contributed by atoms with Crippen LogP contribution in [0.5, 0.6) is 5.75 Å². The van der Waals surface area contributed by atoms with Crippen LogP contribution in [0.2, 0.25) is 0 Å². The molecule has 0 unspecified atom stereocenters. The molecule has 1 aliphatic rings. The van der Waals surface area contributed by atoms with Gasteiger partial charge >= 0.3 is 5.88 Å². The highest BCUT2D eigenvalue weighted by Crippen LogP contribution is 2.42. The van der Waals surface area contributed by atoms with Crippen LogP contribution in [-0.4, -0.2) is 36.4 Å². The Hall–Kier alpha value is -4.64. The minimum absolute atomic E-state index is 0.242. The predicted molar refractivity (Wildman–Crippen MR) is 152 cm³/mol. The van der Waals surface area contributed by atoms with E-state index >= 15 is 0 Å². The molecule has 1 fully saturated rings. The van der Waals surface area contributed by atoms with Crippen LogP contribution in [0.4, 0.5) is 17.3 Å². The summed E-state index contributed by atoms with van der Waals surface area (Å²) >= 11 is 1.23. The highest BCUT2D eigenvalue weighted by atomic mass is 32.1. The minimum Gasteiger partial charge on any atom is -0.497 e. The van der Waals surface area contributed by atoms with E-state index in [1.165, 1.54) is 17.8 Å². The van der Waals surface area contributed by atoms with E-state index in [-0.39, 0.29) is 11.8 Å². The summed E-state index contributed by atoms with van der Waals surface area (Å²) in [6.45, 7) is 1.78. The quantitative estimate of drug-likeness (QED) is 0.211. The van der Waals surface area contributed by atoms with E-state index in [1.54, 1.807) is 18.1 Å². The number of ether oxygens (including phenoxy) is 1. The Morgan fingerprint density at radius 1 is 1.08 bits per heavy atom. The number of aromatic nitrogens is 3. The number of thiophene rings is 1. The van der Waals surface area contributed by atoms with Gasteiger partial charge < -0.3 is 16.2 Å². The number of benzene rings is 2. The largest absolute Gasteiger partial charge is 0.497 e. The Bertz CT molecular complexity index is 1660. The molecule has 4 heterocycles. The number of carbonyl (C=O) groups excluding carboxylic acids is 1. The number of pyridine rings is 1. The third-order valence-electron chi connectivity index (χ3n) is 6.81. The summed E-state index contributed by atoms with van der Waals surface area (Å²) in [5.41, 5.74) is 16.9. The maximum atomic E-state index is 13.4. The standard InChI is InChI=1S/C28H27N7O3S/c1-37-20-7-5-6-18(14-20)21-15-22(17-8-10-19(29)11-9-17)31-28-24(21)25(30)26(39-28)27(36)32-23-16-35(33-38-23)34-12-3-2-4-13-34/h5-11,14-16H,2-4,12-13H2,1H3,(H4-,29,30,31,32,33,36)/p+1. The van der Waals surface area contributed by atoms with E-state index in [4.69, 9.17) is 25.7 Å². The predicted octanol–water partition coefficient (Wildman–Crippen LogP) is 4.45. The Balaban J connectivity index is 1.40. The molecule has 39 heavy (non-hydrogen) atoms. The number of carbonyl (C=O) groups is 1. The molecule has 10 nitrogen and oxygen atoms in total. The van der Waals surface area contributed by atoms with Crippen molar-refractivity contribution in [2.75, 3.05) is 42.0 Å². The fraction of sp³-hybridized carbons (Fsp3) is 0.214. The fourth-order valence-electron chi connectivity index (χ4n) is 4.79. The minimum atomic E-state index is -0.386. The van der Waals surface area contributed by atoms with Crippen LogP contribution in [0, 0.1) is 0 Å². The van der Waals surface area contributed by atoms with E-state index in [1.807, 2.05) is 54.6 Å². The van der Waals surface area contributed by atoms with Gasteiger partial charge in [0.05, 0.1) is 36.4 Å². The number of rotatable bonds is 6. The van der Waals surface area contributed by atoms with Gasteiger partial charge in [0.1, 0.15) is 15.5 Å². The molecule has 198 valence electrons. The Kier molecular flexibility index (Phi) is 6.49. The lowest BCUT2D eigenvalue weighted by Crippen LogP contribution is -2.60. The molecule has 0 radical (unpaired) electrons. The summed E-state index contributed by atoms with van der Waals surface area (Å²) < 4.78 is 10.9. The van der Waals surface area contributed by atoms with E-state index in [9.17, 15) is 4.79 Å². The molecule has 0 saturated carbocycles. The SMILES string of the molecule is COc1cccc(-c2cc(-c3ccc(N)cc3)nc3sc(C(=O)Nc4c[n+](N5CCCCC5)no4)c(N)c23)c1. The van der Waals surface area contributed by atoms with Gasteiger partial charge in [-0.3, -0.25) is 14.6 Å². The normalized spacial score (nSPS) is 13.5. The number of nitrogen functional groups attached to an aromatic ring is 2. The highest BCUT2D eigenvalue weighted by molar-refractivity contribution is 7.21. The third-order valence-corrected chi connectivity index (χ3v) is 7.91. The van der Waals surface area contributed by atoms with E-state index in [0.717, 1.165) is 48.3 Å². The summed E-state index contributed by atoms with van der Waals surface area (Å²) in [5.74, 6) is 0.569. The van der Waals surface area contributed by atoms with Gasteiger partial charge in [-0.1, -0.05) is 24.3 Å². The van der Waals surface area contributed by atoms with Crippen molar-refractivity contribution in [1.29, 1.82) is 0 Å². The summed E-state index contributed by atoms with van der Waals surface area (Å²) in [7, 11) is 1.63. The van der Waals surface area contributed by atoms with Crippen molar-refractivity contribution in [3.8, 4) is 28.1 Å². The number of fused-ring (bicyclic) bond motifs is 1. The van der Waals surface area contributed by atoms with Gasteiger partial charge in [-0.05, 0) is 60.7 Å². The first-order valence-corrected chi connectivity index (χ1v) is 13.5. The van der Waals surface area contributed by atoms with Crippen LogP contribution >= 0.6 is 11.3 Å². The molecule has 2 aromatic carbocycles. The number of amides is 1. The first-order chi connectivity index (χ1) is 19.0. The number of hydrogen-bond donors (Lipinski definition) is 3. The van der Waals surface area contributed by atoms with Crippen LogP contribution in [0.15, 0.2) is 65.3 Å². The number of methoxy groups -OCH3 is 1. The van der Waals surface area contributed by atoms with Crippen molar-refractivity contribution in [2.24, 2.45) is 0 Å². The van der Waals surface area contributed by atoms with Crippen LogP contribution in [0.25, 0.3) is 32.6 Å². The number of piperidine rings is 1. The third kappa shape index (κ3) is 4.84. The first-order valence-electron chi connectivity index (χ1n) is 12.7. The van der Waals surface area contributed by atoms with Crippen molar-refractivity contribution >= 4 is 44.7 Å². The summed E-state index contributed by atoms with van der Waals surface area (Å²) in [6.07, 6.45) is 5.07. The van der Waals surface area contributed by atoms with Crippen molar-refractivity contribution < 1.29 is 18.8 Å². The van der Waals surface area contributed by atoms with Gasteiger partial charge in [-0.25, -0.2) is 4.98 Å². The second-order valence-corrected chi connectivity index (χ2v) is 10.4. The molecule has 6 rings (SSSR count). The molecule has 1 amide bonds. The fourth-order valence-corrected chi connectivity index (χ4v) is 5.80. The smallest absolute Gasteiger partial charge is 0.306 e. The van der Waals surface area contributed by atoms with Crippen LogP contribution in [0.1, 0.15) is 28.9 Å². The van der Waals surface area contributed by atoms with E-state index < -0.39 is 0 Å². The van der Waals surface area contributed by atoms with Crippen LogP contribution in [0.3, 0.4) is 0 Å². The molecule has 5 aromatic rings. The average Bonchev–Trinajstić information content (AvgIpc) is 3.58. The Morgan fingerprint density at radius 2 is 1.87 bits per heavy atom. The maximum Gasteiger partial charge on any atom is 0.306 e. The van der Waals surface area contributed by atoms with Crippen LogP contribution in [-0.2, 0) is 0 Å². The second-order valence-electron chi connectivity index (χ2n) is 9.39. The molecule has 0 atom stereocenters. The van der Waals surface area contributed by atoms with Crippen molar-refractivity contribution in [3.05, 3.63) is 65.7 Å². The molecule has 11 heteroatoms. The van der Waals surface area contributed by atoms with Gasteiger partial charge in [0.15, 0.2) is 0 Å². The van der Waals surface area contributed by atoms with Gasteiger partial charge in [0.25, 0.3) is 12.1 Å². The molecule has 1 saturated heterocycles. The summed E-state index contributed by atoms with van der Waals surface area (Å²) in [6, 6.07) is 17.2. The average molecular weight is 543 g/mol. The molecular formula is C28H28N7O3S+. The maximum absolute atomic E-state index is 13.4. The zero-order chi connectivity index (χ0) is 26.9. The monoisotopic (exact) mass is 542 g/mol. The lowest BCUT2D eigenvalue weighted by atomic mass is 9.99. The number of anilines is 3. The number of hydrogen-bond acceptors (Lipinski definition) is 9. The lowest BCUT2D eigenvalue weighted by Gasteiger charge is -2.17. The summed E-state index contributed by atoms with van der Waals surface area (Å²) in [4.78, 5) is 20.9. The second kappa shape index (κ2) is 10.3. The van der Waals surface area contributed by atoms with Crippen molar-refractivity contribution in [1.82, 2.24) is 10.3 Å². The number of nitrogens with one attached hydrogen (secondary N) is 1. The lowest BCUT2D eigenvalue weighted by molar-refractivity contribution is -0.759. The first kappa shape index (κ1) is 24.7. The van der Waals surface area contributed by atoms with Crippen molar-refractivity contribution in [2.45, 2.75) is 19.3 Å². The molecule has 3 aromatic heterocycles. The van der Waals surface area contributed by atoms with Gasteiger partial charge in [0, 0.05) is 16.6 Å². The Morgan fingerprint density at radius 3 is 2.64 bits per heavy atom. The molecule has 1 aliphatic heterocycles. The van der Waals surface area contributed by atoms with E-state index in [2.05, 4.69) is 15.6 Å². The highest BCUT2D eigenvalue weighted by Gasteiger charge is 2.26. The van der Waals surface area contributed by atoms with E-state index in [0.29, 0.717) is 32.2 Å². The number of nitrogens with zero attached hydrogens (tertiary/aromatic N) is 4. The van der Waals surface area contributed by atoms with Gasteiger partial charge in [-0.2, -0.15) is 5.01 Å². The molecule has 0 aliphatic carbocycles. The van der Waals surface area contributed by atoms with Crippen LogP contribution < -0.4 is 31.3 Å². The molecule has 5 N–H and O–H groups in total. The Labute approximate surface area is 228 Å². The molecule has 0 bridgehead atoms. The van der Waals surface area contributed by atoms with Gasteiger partial charge in [0.2, 0.25) is 5.27 Å². The molecule has 0 spiro atoms. The zero-order valence-corrected chi connectivity index (χ0v) is 22.2.